The number of anilines is 2. The maximum absolute atomic E-state index is 14.4. The van der Waals surface area contributed by atoms with E-state index in [1.165, 1.54) is 18.2 Å². The molecule has 286 valence electrons. The zero-order valence-corrected chi connectivity index (χ0v) is 35.2. The molecule has 55 heavy (non-hydrogen) atoms. The van der Waals surface area contributed by atoms with Gasteiger partial charge in [-0.2, -0.15) is 0 Å². The van der Waals surface area contributed by atoms with E-state index < -0.39 is 11.6 Å². The first-order valence-corrected chi connectivity index (χ1v) is 19.9. The van der Waals surface area contributed by atoms with Crippen molar-refractivity contribution in [2.75, 3.05) is 17.7 Å². The molecule has 0 saturated carbocycles. The lowest BCUT2D eigenvalue weighted by Gasteiger charge is -2.13. The van der Waals surface area contributed by atoms with Crippen LogP contribution < -0.4 is 24.8 Å². The summed E-state index contributed by atoms with van der Waals surface area (Å²) in [5.74, 6) is 0.566. The number of phenols is 1. The van der Waals surface area contributed by atoms with E-state index in [9.17, 15) is 13.9 Å². The lowest BCUT2D eigenvalue weighted by molar-refractivity contribution is 0.370. The SMILES string of the molecule is BrB(Br)Br.CCc1ccc(Oc2ccc(NCc3cccnc3)cc2F)c(O)c1.CCc1ccc(Oc2ccc(NCc3cccnc3)cc2F)c(OC)c1. The molecule has 0 saturated heterocycles. The quantitative estimate of drug-likeness (QED) is 0.0985. The number of ether oxygens (including phenoxy) is 3. The van der Waals surface area contributed by atoms with Gasteiger partial charge in [-0.1, -0.05) is 38.1 Å². The fourth-order valence-electron chi connectivity index (χ4n) is 4.92. The van der Waals surface area contributed by atoms with Crippen LogP contribution in [0, 0.1) is 11.6 Å². The number of aromatic nitrogens is 2. The van der Waals surface area contributed by atoms with Crippen LogP contribution in [-0.4, -0.2) is 25.4 Å². The summed E-state index contributed by atoms with van der Waals surface area (Å²) in [6.45, 7) is 5.17. The highest BCUT2D eigenvalue weighted by Crippen LogP contribution is 2.35. The van der Waals surface area contributed by atoms with Crippen molar-refractivity contribution in [1.82, 2.24) is 9.97 Å². The fraction of sp³-hybridized carbons (Fsp3) is 0.171. The zero-order chi connectivity index (χ0) is 39.6. The maximum Gasteiger partial charge on any atom is 0.369 e. The highest BCUT2D eigenvalue weighted by atomic mass is 79.9. The van der Waals surface area contributed by atoms with Crippen LogP contribution in [0.1, 0.15) is 36.1 Å². The van der Waals surface area contributed by atoms with Crippen molar-refractivity contribution in [2.24, 2.45) is 0 Å². The third-order valence-corrected chi connectivity index (χ3v) is 7.81. The number of halogens is 5. The van der Waals surface area contributed by atoms with Crippen molar-refractivity contribution < 1.29 is 28.1 Å². The van der Waals surface area contributed by atoms with Crippen LogP contribution in [0.2, 0.25) is 0 Å². The Morgan fingerprint density at radius 1 is 0.600 bits per heavy atom. The van der Waals surface area contributed by atoms with Gasteiger partial charge >= 0.3 is 3.18 Å². The van der Waals surface area contributed by atoms with E-state index in [1.54, 1.807) is 68.3 Å². The number of nitrogens with zero attached hydrogens (tertiary/aromatic N) is 2. The molecule has 2 aromatic heterocycles. The van der Waals surface area contributed by atoms with Gasteiger partial charge in [0.1, 0.15) is 0 Å². The van der Waals surface area contributed by atoms with E-state index in [0.29, 0.717) is 36.0 Å². The number of hydrogen-bond donors (Lipinski definition) is 3. The molecular weight excluding hydrogens is 901 g/mol. The molecule has 0 unspecified atom stereocenters. The lowest BCUT2D eigenvalue weighted by atomic mass is 10.1. The number of methoxy groups -OCH3 is 1. The molecule has 8 nitrogen and oxygen atoms in total. The predicted molar refractivity (Wildman–Crippen MR) is 228 cm³/mol. The van der Waals surface area contributed by atoms with Gasteiger partial charge in [-0.3, -0.25) is 9.97 Å². The molecule has 2 heterocycles. The van der Waals surface area contributed by atoms with Crippen LogP contribution in [-0.2, 0) is 25.9 Å². The summed E-state index contributed by atoms with van der Waals surface area (Å²) >= 11 is 9.31. The smallest absolute Gasteiger partial charge is 0.369 e. The highest BCUT2D eigenvalue weighted by Gasteiger charge is 2.12. The van der Waals surface area contributed by atoms with Crippen LogP contribution >= 0.6 is 47.3 Å². The summed E-state index contributed by atoms with van der Waals surface area (Å²) in [5.41, 5.74) is 5.45. The molecule has 4 aromatic carbocycles. The molecular formula is C41H40BBr3F2N4O4. The minimum Gasteiger partial charge on any atom is -0.504 e. The number of nitrogens with one attached hydrogen (secondary N) is 2. The number of pyridine rings is 2. The highest BCUT2D eigenvalue weighted by molar-refractivity contribution is 9.69. The topological polar surface area (TPSA) is 97.8 Å². The third-order valence-electron chi connectivity index (χ3n) is 7.81. The molecule has 0 aliphatic carbocycles. The second-order valence-electron chi connectivity index (χ2n) is 11.7. The summed E-state index contributed by atoms with van der Waals surface area (Å²) in [7, 11) is 1.57. The van der Waals surface area contributed by atoms with E-state index in [4.69, 9.17) is 14.2 Å². The zero-order valence-electron chi connectivity index (χ0n) is 30.4. The minimum atomic E-state index is -0.504. The molecule has 14 heteroatoms. The van der Waals surface area contributed by atoms with E-state index in [2.05, 4.69) is 74.8 Å². The first-order chi connectivity index (χ1) is 26.6. The Morgan fingerprint density at radius 2 is 1.05 bits per heavy atom. The van der Waals surface area contributed by atoms with Gasteiger partial charge in [-0.15, -0.1) is 47.3 Å². The Kier molecular flexibility index (Phi) is 17.7. The summed E-state index contributed by atoms with van der Waals surface area (Å²) in [6.07, 6.45) is 8.65. The summed E-state index contributed by atoms with van der Waals surface area (Å²) in [6, 6.07) is 27.8. The van der Waals surface area contributed by atoms with Crippen molar-refractivity contribution in [3.05, 3.63) is 156 Å². The summed E-state index contributed by atoms with van der Waals surface area (Å²) < 4.78 is 45.5. The average molecular weight is 941 g/mol. The molecule has 0 radical (unpaired) electrons. The van der Waals surface area contributed by atoms with Gasteiger partial charge in [-0.25, -0.2) is 8.78 Å². The summed E-state index contributed by atoms with van der Waals surface area (Å²) in [4.78, 5) is 8.10. The number of rotatable bonds is 13. The van der Waals surface area contributed by atoms with Crippen LogP contribution in [0.15, 0.2) is 122 Å². The predicted octanol–water partition coefficient (Wildman–Crippen LogP) is 12.2. The van der Waals surface area contributed by atoms with Gasteiger partial charge in [0.2, 0.25) is 0 Å². The first-order valence-electron chi connectivity index (χ1n) is 17.2. The molecule has 0 atom stereocenters. The molecule has 0 fully saturated rings. The minimum absolute atomic E-state index is 0.00229. The maximum atomic E-state index is 14.4. The van der Waals surface area contributed by atoms with Gasteiger partial charge in [-0.05, 0) is 95.8 Å². The molecule has 0 amide bonds. The van der Waals surface area contributed by atoms with Crippen LogP contribution in [0.25, 0.3) is 0 Å². The molecule has 0 aliphatic rings. The molecule has 0 bridgehead atoms. The van der Waals surface area contributed by atoms with Crippen molar-refractivity contribution >= 4 is 61.8 Å². The summed E-state index contributed by atoms with van der Waals surface area (Å²) in [5, 5.41) is 16.3. The second kappa shape index (κ2) is 22.7. The van der Waals surface area contributed by atoms with Gasteiger partial charge < -0.3 is 30.0 Å². The van der Waals surface area contributed by atoms with E-state index in [1.807, 2.05) is 49.4 Å². The number of phenolic OH excluding ortho intramolecular Hbond substituents is 1. The third kappa shape index (κ3) is 14.5. The number of benzene rings is 4. The lowest BCUT2D eigenvalue weighted by Crippen LogP contribution is -2.00. The van der Waals surface area contributed by atoms with Crippen molar-refractivity contribution in [3.63, 3.8) is 0 Å². The monoisotopic (exact) mass is 938 g/mol. The van der Waals surface area contributed by atoms with Gasteiger partial charge in [0.05, 0.1) is 7.11 Å². The molecule has 3 N–H and O–H groups in total. The first kappa shape index (κ1) is 43.1. The standard InChI is InChI=1S/C21H21FN2O2.C20H19FN2O2.BBr3/c1-3-15-6-8-20(21(11-15)25-2)26-19-9-7-17(12-18(19)22)24-14-16-5-4-10-23-13-16;1-2-14-5-7-20(18(24)10-14)25-19-8-6-16(11-17(19)21)23-13-15-4-3-9-22-12-15;2-1(3)4/h4-13,24H,3,14H2,1-2H3;3-12,23-24H,2,13H2,1H3;. The van der Waals surface area contributed by atoms with E-state index >= 15 is 0 Å². The van der Waals surface area contributed by atoms with Gasteiger partial charge in [0.15, 0.2) is 46.1 Å². The van der Waals surface area contributed by atoms with Crippen molar-refractivity contribution in [1.29, 1.82) is 0 Å². The van der Waals surface area contributed by atoms with Crippen molar-refractivity contribution in [2.45, 2.75) is 39.8 Å². The number of aromatic hydroxyl groups is 1. The Labute approximate surface area is 345 Å². The fourth-order valence-corrected chi connectivity index (χ4v) is 4.92. The molecule has 6 aromatic rings. The Balaban J connectivity index is 0.000000223. The molecule has 0 spiro atoms. The largest absolute Gasteiger partial charge is 0.504 e. The Morgan fingerprint density at radius 3 is 1.47 bits per heavy atom. The number of hydrogen-bond acceptors (Lipinski definition) is 8. The second-order valence-corrected chi connectivity index (χ2v) is 18.1. The normalized spacial score (nSPS) is 10.2. The van der Waals surface area contributed by atoms with Crippen LogP contribution in [0.4, 0.5) is 20.2 Å². The van der Waals surface area contributed by atoms with Gasteiger partial charge in [0, 0.05) is 61.4 Å². The molecule has 0 aliphatic heterocycles. The molecule has 6 rings (SSSR count). The average Bonchev–Trinajstić information content (AvgIpc) is 3.19. The van der Waals surface area contributed by atoms with E-state index in [0.717, 1.165) is 35.1 Å². The van der Waals surface area contributed by atoms with Crippen LogP contribution in [0.3, 0.4) is 0 Å². The van der Waals surface area contributed by atoms with E-state index in [-0.39, 0.29) is 26.2 Å². The Hall–Kier alpha value is -4.66. The van der Waals surface area contributed by atoms with Crippen molar-refractivity contribution in [3.8, 4) is 34.5 Å². The van der Waals surface area contributed by atoms with Gasteiger partial charge in [0.25, 0.3) is 0 Å². The Bertz CT molecular complexity index is 2080. The number of aryl methyl sites for hydroxylation is 2. The van der Waals surface area contributed by atoms with Crippen LogP contribution in [0.5, 0.6) is 34.5 Å².